The lowest BCUT2D eigenvalue weighted by Crippen LogP contribution is -2.33. The molecule has 5 heteroatoms. The van der Waals surface area contributed by atoms with Crippen LogP contribution in [0.25, 0.3) is 0 Å². The molecule has 1 atom stereocenters. The SMILES string of the molecule is O=C(CNC[C@@H]1CCCO1)Nc1cccc(Oc2ccccc2)c1. The van der Waals surface area contributed by atoms with Crippen molar-refractivity contribution in [3.8, 4) is 11.5 Å². The summed E-state index contributed by atoms with van der Waals surface area (Å²) in [5, 5.41) is 6.00. The molecule has 0 spiro atoms. The lowest BCUT2D eigenvalue weighted by molar-refractivity contribution is -0.115. The summed E-state index contributed by atoms with van der Waals surface area (Å²) in [6.45, 7) is 1.81. The van der Waals surface area contributed by atoms with Gasteiger partial charge in [-0.05, 0) is 37.1 Å². The fraction of sp³-hybridized carbons (Fsp3) is 0.316. The molecule has 0 aromatic heterocycles. The molecule has 126 valence electrons. The molecule has 1 aliphatic rings. The first-order valence-electron chi connectivity index (χ1n) is 8.25. The maximum absolute atomic E-state index is 12.0. The standard InChI is InChI=1S/C19H22N2O3/c22-19(14-20-13-18-10-5-11-23-18)21-15-6-4-9-17(12-15)24-16-7-2-1-3-8-16/h1-4,6-9,12,18,20H,5,10-11,13-14H2,(H,21,22)/t18-/m0/s1. The van der Waals surface area contributed by atoms with Gasteiger partial charge in [-0.1, -0.05) is 24.3 Å². The number of para-hydroxylation sites is 1. The van der Waals surface area contributed by atoms with Crippen LogP contribution >= 0.6 is 0 Å². The van der Waals surface area contributed by atoms with Crippen molar-refractivity contribution in [2.75, 3.05) is 25.0 Å². The Bertz CT molecular complexity index is 655. The molecule has 0 aliphatic carbocycles. The van der Waals surface area contributed by atoms with Crippen molar-refractivity contribution in [1.29, 1.82) is 0 Å². The van der Waals surface area contributed by atoms with Crippen LogP contribution < -0.4 is 15.4 Å². The van der Waals surface area contributed by atoms with Crippen LogP contribution in [0.5, 0.6) is 11.5 Å². The molecule has 2 N–H and O–H groups in total. The number of rotatable bonds is 7. The highest BCUT2D eigenvalue weighted by Crippen LogP contribution is 2.23. The quantitative estimate of drug-likeness (QED) is 0.820. The van der Waals surface area contributed by atoms with Crippen molar-refractivity contribution in [3.63, 3.8) is 0 Å². The van der Waals surface area contributed by atoms with Gasteiger partial charge in [0.25, 0.3) is 0 Å². The normalized spacial score (nSPS) is 16.8. The van der Waals surface area contributed by atoms with Crippen LogP contribution in [0, 0.1) is 0 Å². The van der Waals surface area contributed by atoms with E-state index in [9.17, 15) is 4.79 Å². The van der Waals surface area contributed by atoms with Crippen LogP contribution in [-0.2, 0) is 9.53 Å². The zero-order valence-electron chi connectivity index (χ0n) is 13.5. The molecular formula is C19H22N2O3. The first-order chi connectivity index (χ1) is 11.8. The van der Waals surface area contributed by atoms with Crippen LogP contribution in [0.15, 0.2) is 54.6 Å². The summed E-state index contributed by atoms with van der Waals surface area (Å²) >= 11 is 0. The van der Waals surface area contributed by atoms with Crippen molar-refractivity contribution in [3.05, 3.63) is 54.6 Å². The molecule has 0 unspecified atom stereocenters. The minimum Gasteiger partial charge on any atom is -0.457 e. The summed E-state index contributed by atoms with van der Waals surface area (Å²) < 4.78 is 11.3. The average molecular weight is 326 g/mol. The summed E-state index contributed by atoms with van der Waals surface area (Å²) in [7, 11) is 0. The molecule has 0 saturated carbocycles. The van der Waals surface area contributed by atoms with Crippen LogP contribution in [0.1, 0.15) is 12.8 Å². The lowest BCUT2D eigenvalue weighted by atomic mass is 10.2. The van der Waals surface area contributed by atoms with Gasteiger partial charge in [-0.2, -0.15) is 0 Å². The van der Waals surface area contributed by atoms with Crippen LogP contribution in [0.2, 0.25) is 0 Å². The monoisotopic (exact) mass is 326 g/mol. The smallest absolute Gasteiger partial charge is 0.238 e. The van der Waals surface area contributed by atoms with Gasteiger partial charge >= 0.3 is 0 Å². The van der Waals surface area contributed by atoms with E-state index in [-0.39, 0.29) is 18.6 Å². The Kier molecular flexibility index (Phi) is 5.82. The van der Waals surface area contributed by atoms with Gasteiger partial charge in [0, 0.05) is 24.9 Å². The Hall–Kier alpha value is -2.37. The van der Waals surface area contributed by atoms with Gasteiger partial charge in [0.1, 0.15) is 11.5 Å². The summed E-state index contributed by atoms with van der Waals surface area (Å²) in [4.78, 5) is 12.0. The highest BCUT2D eigenvalue weighted by atomic mass is 16.5. The van der Waals surface area contributed by atoms with E-state index in [0.29, 0.717) is 18.0 Å². The van der Waals surface area contributed by atoms with Gasteiger partial charge in [-0.25, -0.2) is 0 Å². The van der Waals surface area contributed by atoms with Gasteiger partial charge in [-0.15, -0.1) is 0 Å². The number of carbonyl (C=O) groups is 1. The second-order valence-electron chi connectivity index (χ2n) is 5.76. The molecular weight excluding hydrogens is 304 g/mol. The third-order valence-electron chi connectivity index (χ3n) is 3.78. The molecule has 2 aromatic carbocycles. The minimum absolute atomic E-state index is 0.0788. The van der Waals surface area contributed by atoms with Crippen molar-refractivity contribution in [1.82, 2.24) is 5.32 Å². The molecule has 0 bridgehead atoms. The average Bonchev–Trinajstić information content (AvgIpc) is 3.09. The predicted octanol–water partition coefficient (Wildman–Crippen LogP) is 3.19. The Morgan fingerprint density at radius 1 is 1.12 bits per heavy atom. The molecule has 1 aliphatic heterocycles. The predicted molar refractivity (Wildman–Crippen MR) is 93.4 cm³/mol. The highest BCUT2D eigenvalue weighted by molar-refractivity contribution is 5.92. The second kappa shape index (κ2) is 8.47. The molecule has 1 heterocycles. The third-order valence-corrected chi connectivity index (χ3v) is 3.78. The fourth-order valence-corrected chi connectivity index (χ4v) is 2.62. The number of anilines is 1. The highest BCUT2D eigenvalue weighted by Gasteiger charge is 2.15. The van der Waals surface area contributed by atoms with E-state index in [0.717, 1.165) is 25.2 Å². The molecule has 3 rings (SSSR count). The summed E-state index contributed by atoms with van der Waals surface area (Å²) in [5.41, 5.74) is 0.715. The van der Waals surface area contributed by atoms with Gasteiger partial charge in [-0.3, -0.25) is 4.79 Å². The largest absolute Gasteiger partial charge is 0.457 e. The molecule has 1 fully saturated rings. The molecule has 1 amide bonds. The Balaban J connectivity index is 1.47. The molecule has 0 radical (unpaired) electrons. The summed E-state index contributed by atoms with van der Waals surface area (Å²) in [6.07, 6.45) is 2.40. The number of amides is 1. The van der Waals surface area contributed by atoms with Gasteiger partial charge in [0.05, 0.1) is 12.6 Å². The molecule has 2 aromatic rings. The number of hydrogen-bond acceptors (Lipinski definition) is 4. The first-order valence-corrected chi connectivity index (χ1v) is 8.25. The van der Waals surface area contributed by atoms with E-state index >= 15 is 0 Å². The molecule has 24 heavy (non-hydrogen) atoms. The van der Waals surface area contributed by atoms with Gasteiger partial charge < -0.3 is 20.1 Å². The zero-order chi connectivity index (χ0) is 16.6. The Morgan fingerprint density at radius 2 is 1.96 bits per heavy atom. The summed E-state index contributed by atoms with van der Waals surface area (Å²) in [6, 6.07) is 16.9. The first kappa shape index (κ1) is 16.5. The Labute approximate surface area is 142 Å². The lowest BCUT2D eigenvalue weighted by Gasteiger charge is -2.11. The van der Waals surface area contributed by atoms with E-state index in [4.69, 9.17) is 9.47 Å². The van der Waals surface area contributed by atoms with Crippen LogP contribution in [0.3, 0.4) is 0 Å². The van der Waals surface area contributed by atoms with Gasteiger partial charge in [0.2, 0.25) is 5.91 Å². The van der Waals surface area contributed by atoms with E-state index in [1.54, 1.807) is 0 Å². The second-order valence-corrected chi connectivity index (χ2v) is 5.76. The van der Waals surface area contributed by atoms with Crippen molar-refractivity contribution >= 4 is 11.6 Å². The molecule has 1 saturated heterocycles. The third kappa shape index (κ3) is 5.08. The maximum Gasteiger partial charge on any atom is 0.238 e. The number of carbonyl (C=O) groups excluding carboxylic acids is 1. The van der Waals surface area contributed by atoms with Crippen molar-refractivity contribution in [2.24, 2.45) is 0 Å². The Morgan fingerprint density at radius 3 is 2.75 bits per heavy atom. The molecule has 5 nitrogen and oxygen atoms in total. The zero-order valence-corrected chi connectivity index (χ0v) is 13.5. The van der Waals surface area contributed by atoms with Gasteiger partial charge in [0.15, 0.2) is 0 Å². The van der Waals surface area contributed by atoms with Crippen LogP contribution in [-0.4, -0.2) is 31.7 Å². The van der Waals surface area contributed by atoms with E-state index in [1.807, 2.05) is 54.6 Å². The fourth-order valence-electron chi connectivity index (χ4n) is 2.62. The number of hydrogen-bond donors (Lipinski definition) is 2. The van der Waals surface area contributed by atoms with Crippen molar-refractivity contribution < 1.29 is 14.3 Å². The number of nitrogens with one attached hydrogen (secondary N) is 2. The minimum atomic E-state index is -0.0788. The van der Waals surface area contributed by atoms with E-state index < -0.39 is 0 Å². The topological polar surface area (TPSA) is 59.6 Å². The van der Waals surface area contributed by atoms with Crippen LogP contribution in [0.4, 0.5) is 5.69 Å². The number of benzene rings is 2. The summed E-state index contributed by atoms with van der Waals surface area (Å²) in [5.74, 6) is 1.37. The van der Waals surface area contributed by atoms with Crippen molar-refractivity contribution in [2.45, 2.75) is 18.9 Å². The van der Waals surface area contributed by atoms with E-state index in [1.165, 1.54) is 0 Å². The number of ether oxygens (including phenoxy) is 2. The maximum atomic E-state index is 12.0. The van der Waals surface area contributed by atoms with E-state index in [2.05, 4.69) is 10.6 Å².